The maximum atomic E-state index is 13.3. The van der Waals surface area contributed by atoms with Gasteiger partial charge < -0.3 is 15.0 Å². The SMILES string of the molecule is CCCCCNC(=O)Cc1csc(NC(=O)N2CC3(CCN(C(=O)OC)C3)c3cc(Cl)ccc32)n1. The van der Waals surface area contributed by atoms with Gasteiger partial charge in [0.25, 0.3) is 0 Å². The Labute approximate surface area is 213 Å². The van der Waals surface area contributed by atoms with Crippen LogP contribution in [-0.2, 0) is 21.4 Å². The van der Waals surface area contributed by atoms with E-state index in [-0.39, 0.29) is 24.5 Å². The van der Waals surface area contributed by atoms with Crippen LogP contribution in [0.1, 0.15) is 43.9 Å². The summed E-state index contributed by atoms with van der Waals surface area (Å²) < 4.78 is 4.90. The minimum atomic E-state index is -0.407. The first-order valence-corrected chi connectivity index (χ1v) is 13.0. The number of thiazole rings is 1. The number of rotatable bonds is 7. The van der Waals surface area contributed by atoms with Gasteiger partial charge in [-0.3, -0.25) is 15.0 Å². The molecule has 4 rings (SSSR count). The minimum absolute atomic E-state index is 0.0760. The standard InChI is InChI=1S/C24H30ClN5O4S/c1-3-4-5-9-26-20(31)12-17-13-35-21(27-17)28-22(32)30-15-24(8-10-29(14-24)23(33)34-2)18-11-16(25)6-7-19(18)30/h6-7,11,13H,3-5,8-10,12,14-15H2,1-2H3,(H,26,31)(H,27,28,32). The average molecular weight is 520 g/mol. The fraction of sp³-hybridized carbons (Fsp3) is 0.500. The normalized spacial score (nSPS) is 18.6. The molecule has 2 aromatic rings. The molecular formula is C24H30ClN5O4S. The molecule has 0 radical (unpaired) electrons. The van der Waals surface area contributed by atoms with Crippen LogP contribution in [0.25, 0.3) is 0 Å². The van der Waals surface area contributed by atoms with Crippen LogP contribution >= 0.6 is 22.9 Å². The first kappa shape index (κ1) is 25.2. The van der Waals surface area contributed by atoms with Crippen LogP contribution in [0.5, 0.6) is 0 Å². The van der Waals surface area contributed by atoms with Crippen LogP contribution in [-0.4, -0.2) is 61.2 Å². The minimum Gasteiger partial charge on any atom is -0.453 e. The maximum Gasteiger partial charge on any atom is 0.409 e. The van der Waals surface area contributed by atoms with E-state index in [4.69, 9.17) is 16.3 Å². The lowest BCUT2D eigenvalue weighted by Gasteiger charge is -2.25. The summed E-state index contributed by atoms with van der Waals surface area (Å²) in [6.45, 7) is 4.19. The van der Waals surface area contributed by atoms with E-state index in [0.29, 0.717) is 48.4 Å². The number of anilines is 2. The van der Waals surface area contributed by atoms with Crippen LogP contribution in [0.2, 0.25) is 5.02 Å². The zero-order chi connectivity index (χ0) is 25.0. The van der Waals surface area contributed by atoms with Gasteiger partial charge in [0.1, 0.15) is 0 Å². The number of nitrogens with one attached hydrogen (secondary N) is 2. The molecule has 2 aliphatic heterocycles. The molecule has 2 aliphatic rings. The molecule has 1 aromatic carbocycles. The molecule has 11 heteroatoms. The quantitative estimate of drug-likeness (QED) is 0.527. The van der Waals surface area contributed by atoms with E-state index in [0.717, 1.165) is 30.5 Å². The molecule has 1 aromatic heterocycles. The van der Waals surface area contributed by atoms with Crippen molar-refractivity contribution in [3.63, 3.8) is 0 Å². The summed E-state index contributed by atoms with van der Waals surface area (Å²) in [5, 5.41) is 8.57. The molecule has 0 aliphatic carbocycles. The second-order valence-corrected chi connectivity index (χ2v) is 10.3. The topological polar surface area (TPSA) is 104 Å². The molecule has 188 valence electrons. The van der Waals surface area contributed by atoms with Crippen molar-refractivity contribution in [3.8, 4) is 0 Å². The Kier molecular flexibility index (Phi) is 7.81. The lowest BCUT2D eigenvalue weighted by molar-refractivity contribution is -0.120. The lowest BCUT2D eigenvalue weighted by Crippen LogP contribution is -2.41. The number of hydrogen-bond donors (Lipinski definition) is 2. The van der Waals surface area contributed by atoms with Crippen LogP contribution in [0.4, 0.5) is 20.4 Å². The van der Waals surface area contributed by atoms with Crippen LogP contribution in [0.15, 0.2) is 23.6 Å². The molecule has 1 spiro atoms. The van der Waals surface area contributed by atoms with Crippen molar-refractivity contribution in [1.29, 1.82) is 0 Å². The zero-order valence-corrected chi connectivity index (χ0v) is 21.5. The van der Waals surface area contributed by atoms with E-state index in [1.807, 2.05) is 12.1 Å². The predicted molar refractivity (Wildman–Crippen MR) is 136 cm³/mol. The molecule has 1 atom stereocenters. The van der Waals surface area contributed by atoms with Gasteiger partial charge in [-0.15, -0.1) is 11.3 Å². The summed E-state index contributed by atoms with van der Waals surface area (Å²) in [5.74, 6) is -0.0760. The Hall–Kier alpha value is -2.85. The number of amides is 4. The van der Waals surface area contributed by atoms with E-state index in [1.54, 1.807) is 21.2 Å². The van der Waals surface area contributed by atoms with E-state index < -0.39 is 5.41 Å². The number of carbonyl (C=O) groups excluding carboxylic acids is 3. The summed E-state index contributed by atoms with van der Waals surface area (Å²) in [5.41, 5.74) is 1.93. The van der Waals surface area contributed by atoms with Gasteiger partial charge in [0, 0.05) is 47.7 Å². The molecule has 3 heterocycles. The average Bonchev–Trinajstić information content (AvgIpc) is 3.55. The Morgan fingerprint density at radius 3 is 2.86 bits per heavy atom. The predicted octanol–water partition coefficient (Wildman–Crippen LogP) is 4.41. The van der Waals surface area contributed by atoms with Gasteiger partial charge in [0.2, 0.25) is 5.91 Å². The van der Waals surface area contributed by atoms with Gasteiger partial charge in [0.05, 0.1) is 19.2 Å². The smallest absolute Gasteiger partial charge is 0.409 e. The van der Waals surface area contributed by atoms with E-state index in [1.165, 1.54) is 18.4 Å². The Balaban J connectivity index is 1.43. The van der Waals surface area contributed by atoms with Crippen molar-refractivity contribution in [2.45, 2.75) is 44.4 Å². The van der Waals surface area contributed by atoms with E-state index in [9.17, 15) is 14.4 Å². The number of methoxy groups -OCH3 is 1. The number of fused-ring (bicyclic) bond motifs is 2. The van der Waals surface area contributed by atoms with Crippen LogP contribution in [0, 0.1) is 0 Å². The lowest BCUT2D eigenvalue weighted by atomic mass is 9.81. The van der Waals surface area contributed by atoms with Gasteiger partial charge in [-0.25, -0.2) is 14.6 Å². The summed E-state index contributed by atoms with van der Waals surface area (Å²) in [7, 11) is 1.37. The van der Waals surface area contributed by atoms with Gasteiger partial charge in [-0.2, -0.15) is 0 Å². The van der Waals surface area contributed by atoms with Crippen molar-refractivity contribution < 1.29 is 19.1 Å². The number of ether oxygens (including phenoxy) is 1. The molecule has 1 saturated heterocycles. The zero-order valence-electron chi connectivity index (χ0n) is 19.9. The molecule has 4 amide bonds. The molecule has 0 bridgehead atoms. The van der Waals surface area contributed by atoms with Crippen LogP contribution < -0.4 is 15.5 Å². The number of carbonyl (C=O) groups is 3. The third kappa shape index (κ3) is 5.54. The fourth-order valence-corrected chi connectivity index (χ4v) is 5.64. The molecule has 0 saturated carbocycles. The Morgan fingerprint density at radius 2 is 2.09 bits per heavy atom. The Morgan fingerprint density at radius 1 is 1.26 bits per heavy atom. The summed E-state index contributed by atoms with van der Waals surface area (Å²) in [6.07, 6.45) is 3.65. The van der Waals surface area contributed by atoms with Crippen molar-refractivity contribution in [3.05, 3.63) is 39.9 Å². The molecule has 9 nitrogen and oxygen atoms in total. The molecule has 35 heavy (non-hydrogen) atoms. The number of aromatic nitrogens is 1. The van der Waals surface area contributed by atoms with Crippen molar-refractivity contribution >= 4 is 51.8 Å². The highest BCUT2D eigenvalue weighted by Gasteiger charge is 2.50. The van der Waals surface area contributed by atoms with Gasteiger partial charge >= 0.3 is 12.1 Å². The fourth-order valence-electron chi connectivity index (χ4n) is 4.76. The summed E-state index contributed by atoms with van der Waals surface area (Å²) in [4.78, 5) is 45.3. The highest BCUT2D eigenvalue weighted by atomic mass is 35.5. The third-order valence-electron chi connectivity index (χ3n) is 6.52. The van der Waals surface area contributed by atoms with Crippen molar-refractivity contribution in [2.75, 3.05) is 43.5 Å². The summed E-state index contributed by atoms with van der Waals surface area (Å²) in [6, 6.07) is 5.16. The van der Waals surface area contributed by atoms with Gasteiger partial charge in [-0.1, -0.05) is 31.4 Å². The number of likely N-dealkylation sites (tertiary alicyclic amines) is 1. The number of unbranched alkanes of at least 4 members (excludes halogenated alkanes) is 2. The van der Waals surface area contributed by atoms with Gasteiger partial charge in [-0.05, 0) is 36.6 Å². The number of urea groups is 1. The van der Waals surface area contributed by atoms with E-state index >= 15 is 0 Å². The third-order valence-corrected chi connectivity index (χ3v) is 7.56. The molecule has 1 unspecified atom stereocenters. The number of hydrogen-bond acceptors (Lipinski definition) is 6. The van der Waals surface area contributed by atoms with E-state index in [2.05, 4.69) is 22.5 Å². The Bertz CT molecular complexity index is 1110. The molecule has 1 fully saturated rings. The number of halogens is 1. The highest BCUT2D eigenvalue weighted by Crippen LogP contribution is 2.47. The van der Waals surface area contributed by atoms with Gasteiger partial charge in [0.15, 0.2) is 5.13 Å². The van der Waals surface area contributed by atoms with Crippen molar-refractivity contribution in [2.24, 2.45) is 0 Å². The monoisotopic (exact) mass is 519 g/mol. The van der Waals surface area contributed by atoms with Crippen LogP contribution in [0.3, 0.4) is 0 Å². The second-order valence-electron chi connectivity index (χ2n) is 8.98. The number of benzene rings is 1. The second kappa shape index (κ2) is 10.8. The first-order valence-electron chi connectivity index (χ1n) is 11.8. The largest absolute Gasteiger partial charge is 0.453 e. The van der Waals surface area contributed by atoms with Crippen molar-refractivity contribution in [1.82, 2.24) is 15.2 Å². The maximum absolute atomic E-state index is 13.3. The summed E-state index contributed by atoms with van der Waals surface area (Å²) >= 11 is 7.58. The first-order chi connectivity index (χ1) is 16.8. The highest BCUT2D eigenvalue weighted by molar-refractivity contribution is 7.14. The molecule has 2 N–H and O–H groups in total. The number of nitrogens with zero attached hydrogens (tertiary/aromatic N) is 3. The molecular weight excluding hydrogens is 490 g/mol.